The van der Waals surface area contributed by atoms with E-state index < -0.39 is 6.36 Å². The molecule has 5 nitrogen and oxygen atoms in total. The number of rotatable bonds is 9. The van der Waals surface area contributed by atoms with Gasteiger partial charge in [-0.05, 0) is 62.3 Å². The third-order valence-electron chi connectivity index (χ3n) is 6.26. The van der Waals surface area contributed by atoms with E-state index in [1.54, 1.807) is 12.1 Å². The first-order valence-electron chi connectivity index (χ1n) is 11.9. The van der Waals surface area contributed by atoms with Crippen molar-refractivity contribution >= 4 is 22.3 Å². The Morgan fingerprint density at radius 2 is 1.79 bits per heavy atom. The summed E-state index contributed by atoms with van der Waals surface area (Å²) in [6.45, 7) is 9.99. The lowest BCUT2D eigenvalue weighted by Gasteiger charge is -2.21. The second-order valence-corrected chi connectivity index (χ2v) is 8.48. The smallest absolute Gasteiger partial charge is 0.406 e. The van der Waals surface area contributed by atoms with E-state index in [0.29, 0.717) is 11.3 Å². The predicted molar refractivity (Wildman–Crippen MR) is 132 cm³/mol. The van der Waals surface area contributed by atoms with E-state index in [2.05, 4.69) is 45.8 Å². The molecule has 1 saturated heterocycles. The third kappa shape index (κ3) is 5.91. The van der Waals surface area contributed by atoms with Crippen molar-refractivity contribution in [2.45, 2.75) is 33.1 Å². The molecule has 4 rings (SSSR count). The number of hydrogen-bond acceptors (Lipinski definition) is 5. The van der Waals surface area contributed by atoms with Crippen LogP contribution in [0.5, 0.6) is 5.75 Å². The SMILES string of the molecule is CCN(CC)CCNc1cc(-c2cccc(OC(F)(F)F)c2)nc2ccc(N3CCCC3)cc12. The van der Waals surface area contributed by atoms with Gasteiger partial charge in [0.2, 0.25) is 0 Å². The zero-order chi connectivity index (χ0) is 24.1. The Morgan fingerprint density at radius 1 is 1.03 bits per heavy atom. The van der Waals surface area contributed by atoms with E-state index in [0.717, 1.165) is 55.9 Å². The van der Waals surface area contributed by atoms with E-state index in [9.17, 15) is 13.2 Å². The lowest BCUT2D eigenvalue weighted by molar-refractivity contribution is -0.274. The molecule has 0 unspecified atom stereocenters. The Hall–Kier alpha value is -3.00. The summed E-state index contributed by atoms with van der Waals surface area (Å²) in [5.41, 5.74) is 4.06. The number of hydrogen-bond donors (Lipinski definition) is 1. The van der Waals surface area contributed by atoms with Crippen molar-refractivity contribution < 1.29 is 17.9 Å². The molecule has 34 heavy (non-hydrogen) atoms. The largest absolute Gasteiger partial charge is 0.573 e. The molecule has 1 aliphatic heterocycles. The highest BCUT2D eigenvalue weighted by molar-refractivity contribution is 5.96. The highest BCUT2D eigenvalue weighted by atomic mass is 19.4. The number of benzene rings is 2. The Balaban J connectivity index is 1.70. The fourth-order valence-corrected chi connectivity index (χ4v) is 4.42. The number of nitrogens with zero attached hydrogens (tertiary/aromatic N) is 3. The Labute approximate surface area is 198 Å². The molecule has 0 aliphatic carbocycles. The molecule has 8 heteroatoms. The van der Waals surface area contributed by atoms with Crippen molar-refractivity contribution in [2.24, 2.45) is 0 Å². The summed E-state index contributed by atoms with van der Waals surface area (Å²) < 4.78 is 42.3. The lowest BCUT2D eigenvalue weighted by atomic mass is 10.1. The highest BCUT2D eigenvalue weighted by Crippen LogP contribution is 2.34. The number of aromatic nitrogens is 1. The van der Waals surface area contributed by atoms with Crippen LogP contribution < -0.4 is 15.0 Å². The Kier molecular flexibility index (Phi) is 7.46. The molecule has 1 aromatic heterocycles. The average Bonchev–Trinajstić information content (AvgIpc) is 3.35. The number of halogens is 3. The van der Waals surface area contributed by atoms with Crippen LogP contribution in [0.1, 0.15) is 26.7 Å². The van der Waals surface area contributed by atoms with Crippen LogP contribution >= 0.6 is 0 Å². The number of nitrogens with one attached hydrogen (secondary N) is 1. The van der Waals surface area contributed by atoms with Crippen LogP contribution in [-0.4, -0.2) is 55.5 Å². The molecule has 1 fully saturated rings. The topological polar surface area (TPSA) is 40.6 Å². The minimum absolute atomic E-state index is 0.257. The van der Waals surface area contributed by atoms with Gasteiger partial charge in [-0.3, -0.25) is 0 Å². The van der Waals surface area contributed by atoms with Gasteiger partial charge >= 0.3 is 6.36 Å². The van der Waals surface area contributed by atoms with Crippen molar-refractivity contribution in [1.29, 1.82) is 0 Å². The molecular weight excluding hydrogens is 441 g/mol. The molecule has 182 valence electrons. The molecule has 0 saturated carbocycles. The molecule has 1 aliphatic rings. The first-order valence-corrected chi connectivity index (χ1v) is 11.9. The van der Waals surface area contributed by atoms with Crippen LogP contribution in [0.2, 0.25) is 0 Å². The molecule has 0 radical (unpaired) electrons. The summed E-state index contributed by atoms with van der Waals surface area (Å²) in [7, 11) is 0. The maximum Gasteiger partial charge on any atom is 0.573 e. The minimum atomic E-state index is -4.74. The standard InChI is InChI=1S/C26H31F3N4O/c1-3-32(4-2)15-12-30-25-18-24(19-8-7-9-21(16-19)34-26(27,28)29)31-23-11-10-20(17-22(23)25)33-13-5-6-14-33/h7-11,16-18H,3-6,12-15H2,1-2H3,(H,30,31). The molecule has 0 bridgehead atoms. The molecule has 0 atom stereocenters. The number of fused-ring (bicyclic) bond motifs is 1. The van der Waals surface area contributed by atoms with Crippen LogP contribution in [-0.2, 0) is 0 Å². The summed E-state index contributed by atoms with van der Waals surface area (Å²) in [5.74, 6) is -0.257. The van der Waals surface area contributed by atoms with Gasteiger partial charge in [0.25, 0.3) is 0 Å². The molecule has 1 N–H and O–H groups in total. The fraction of sp³-hybridized carbons (Fsp3) is 0.423. The maximum absolute atomic E-state index is 12.7. The summed E-state index contributed by atoms with van der Waals surface area (Å²) in [6.07, 6.45) is -2.35. The van der Waals surface area contributed by atoms with Gasteiger partial charge < -0.3 is 19.9 Å². The number of alkyl halides is 3. The van der Waals surface area contributed by atoms with Crippen LogP contribution in [0.15, 0.2) is 48.5 Å². The average molecular weight is 473 g/mol. The summed E-state index contributed by atoms with van der Waals surface area (Å²) >= 11 is 0. The summed E-state index contributed by atoms with van der Waals surface area (Å²) in [6, 6.07) is 14.1. The van der Waals surface area contributed by atoms with Gasteiger partial charge in [0.15, 0.2) is 0 Å². The molecular formula is C26H31F3N4O. The van der Waals surface area contributed by atoms with Crippen LogP contribution in [0.4, 0.5) is 24.5 Å². The van der Waals surface area contributed by atoms with E-state index in [1.165, 1.54) is 30.7 Å². The second kappa shape index (κ2) is 10.5. The van der Waals surface area contributed by atoms with Crippen LogP contribution in [0.3, 0.4) is 0 Å². The molecule has 0 spiro atoms. The number of likely N-dealkylation sites (N-methyl/N-ethyl adjacent to an activating group) is 1. The zero-order valence-corrected chi connectivity index (χ0v) is 19.7. The third-order valence-corrected chi connectivity index (χ3v) is 6.26. The van der Waals surface area contributed by atoms with Crippen LogP contribution in [0, 0.1) is 0 Å². The monoisotopic (exact) mass is 472 g/mol. The Morgan fingerprint density at radius 3 is 2.50 bits per heavy atom. The van der Waals surface area contributed by atoms with Gasteiger partial charge in [0.05, 0.1) is 11.2 Å². The second-order valence-electron chi connectivity index (χ2n) is 8.48. The molecule has 3 aromatic rings. The normalized spacial score (nSPS) is 14.2. The van der Waals surface area contributed by atoms with Crippen molar-refractivity contribution in [2.75, 3.05) is 49.5 Å². The van der Waals surface area contributed by atoms with E-state index in [4.69, 9.17) is 4.98 Å². The van der Waals surface area contributed by atoms with E-state index >= 15 is 0 Å². The molecule has 0 amide bonds. The van der Waals surface area contributed by atoms with Crippen molar-refractivity contribution in [1.82, 2.24) is 9.88 Å². The van der Waals surface area contributed by atoms with E-state index in [1.807, 2.05) is 12.1 Å². The van der Waals surface area contributed by atoms with Gasteiger partial charge in [0.1, 0.15) is 5.75 Å². The van der Waals surface area contributed by atoms with Gasteiger partial charge in [-0.2, -0.15) is 0 Å². The highest BCUT2D eigenvalue weighted by Gasteiger charge is 2.31. The quantitative estimate of drug-likeness (QED) is 0.404. The number of ether oxygens (including phenoxy) is 1. The Bertz CT molecular complexity index is 1110. The first-order chi connectivity index (χ1) is 16.4. The molecule has 2 aromatic carbocycles. The number of anilines is 2. The summed E-state index contributed by atoms with van der Waals surface area (Å²) in [4.78, 5) is 9.50. The van der Waals surface area contributed by atoms with Crippen LogP contribution in [0.25, 0.3) is 22.2 Å². The van der Waals surface area contributed by atoms with Gasteiger partial charge in [-0.1, -0.05) is 26.0 Å². The van der Waals surface area contributed by atoms with E-state index in [-0.39, 0.29) is 5.75 Å². The van der Waals surface area contributed by atoms with Crippen molar-refractivity contribution in [3.63, 3.8) is 0 Å². The first kappa shape index (κ1) is 24.1. The van der Waals surface area contributed by atoms with Crippen molar-refractivity contribution in [3.05, 3.63) is 48.5 Å². The van der Waals surface area contributed by atoms with Gasteiger partial charge in [0, 0.05) is 48.5 Å². The number of pyridine rings is 1. The van der Waals surface area contributed by atoms with Gasteiger partial charge in [-0.25, -0.2) is 4.98 Å². The summed E-state index contributed by atoms with van der Waals surface area (Å²) in [5, 5.41) is 4.57. The maximum atomic E-state index is 12.7. The fourth-order valence-electron chi connectivity index (χ4n) is 4.42. The van der Waals surface area contributed by atoms with Gasteiger partial charge in [-0.15, -0.1) is 13.2 Å². The van der Waals surface area contributed by atoms with Crippen molar-refractivity contribution in [3.8, 4) is 17.0 Å². The minimum Gasteiger partial charge on any atom is -0.406 e. The predicted octanol–water partition coefficient (Wildman–Crippen LogP) is 6.15. The lowest BCUT2D eigenvalue weighted by Crippen LogP contribution is -2.28. The molecule has 2 heterocycles. The zero-order valence-electron chi connectivity index (χ0n) is 19.7.